The first-order valence-corrected chi connectivity index (χ1v) is 8.23. The zero-order valence-electron chi connectivity index (χ0n) is 14.4. The third-order valence-electron chi connectivity index (χ3n) is 3.78. The molecule has 0 saturated heterocycles. The number of pyridine rings is 1. The summed E-state index contributed by atoms with van der Waals surface area (Å²) in [7, 11) is 0. The van der Waals surface area contributed by atoms with Crippen molar-refractivity contribution in [3.63, 3.8) is 0 Å². The minimum atomic E-state index is -4.74. The standard InChI is InChI=1S/C20H16F3NO4/c21-20(22,23)28-17-7-5-16(6-8-17)27-15-3-1-13(2-4-15)14-9-10-24-18(11-14)19(26)12-25/h1-11,19,25-26H,12H2/t19-/m1/s1. The summed E-state index contributed by atoms with van der Waals surface area (Å²) in [5.41, 5.74) is 2.01. The van der Waals surface area contributed by atoms with Crippen molar-refractivity contribution in [2.45, 2.75) is 12.5 Å². The van der Waals surface area contributed by atoms with Gasteiger partial charge in [-0.05, 0) is 59.7 Å². The minimum Gasteiger partial charge on any atom is -0.457 e. The number of hydrogen-bond acceptors (Lipinski definition) is 5. The van der Waals surface area contributed by atoms with E-state index in [0.29, 0.717) is 17.2 Å². The van der Waals surface area contributed by atoms with E-state index >= 15 is 0 Å². The van der Waals surface area contributed by atoms with Gasteiger partial charge in [-0.1, -0.05) is 12.1 Å². The van der Waals surface area contributed by atoms with Crippen molar-refractivity contribution < 1.29 is 32.9 Å². The number of aromatic nitrogens is 1. The number of nitrogens with zero attached hydrogens (tertiary/aromatic N) is 1. The van der Waals surface area contributed by atoms with E-state index in [2.05, 4.69) is 9.72 Å². The molecule has 0 unspecified atom stereocenters. The van der Waals surface area contributed by atoms with Crippen LogP contribution in [0.25, 0.3) is 11.1 Å². The van der Waals surface area contributed by atoms with Crippen molar-refractivity contribution in [2.75, 3.05) is 6.61 Å². The van der Waals surface area contributed by atoms with Crippen LogP contribution in [0.4, 0.5) is 13.2 Å². The number of benzene rings is 2. The van der Waals surface area contributed by atoms with Crippen LogP contribution in [0.15, 0.2) is 66.9 Å². The number of hydrogen-bond donors (Lipinski definition) is 2. The third kappa shape index (κ3) is 5.21. The molecule has 0 aliphatic heterocycles. The highest BCUT2D eigenvalue weighted by Crippen LogP contribution is 2.29. The fraction of sp³-hybridized carbons (Fsp3) is 0.150. The van der Waals surface area contributed by atoms with Crippen molar-refractivity contribution >= 4 is 0 Å². The molecule has 1 heterocycles. The number of halogens is 3. The second-order valence-corrected chi connectivity index (χ2v) is 5.81. The lowest BCUT2D eigenvalue weighted by Crippen LogP contribution is -2.16. The molecular weight excluding hydrogens is 375 g/mol. The summed E-state index contributed by atoms with van der Waals surface area (Å²) < 4.78 is 45.9. The molecule has 0 radical (unpaired) electrons. The maximum atomic E-state index is 12.2. The molecule has 3 rings (SSSR count). The largest absolute Gasteiger partial charge is 0.573 e. The normalized spacial score (nSPS) is 12.5. The Kier molecular flexibility index (Phi) is 5.81. The molecule has 0 fully saturated rings. The Morgan fingerprint density at radius 3 is 2.00 bits per heavy atom. The number of ether oxygens (including phenoxy) is 2. The lowest BCUT2D eigenvalue weighted by molar-refractivity contribution is -0.274. The molecule has 2 aromatic carbocycles. The first kappa shape index (κ1) is 19.7. The highest BCUT2D eigenvalue weighted by atomic mass is 19.4. The van der Waals surface area contributed by atoms with Crippen LogP contribution < -0.4 is 9.47 Å². The van der Waals surface area contributed by atoms with E-state index < -0.39 is 19.1 Å². The van der Waals surface area contributed by atoms with Crippen molar-refractivity contribution in [3.05, 3.63) is 72.6 Å². The smallest absolute Gasteiger partial charge is 0.457 e. The Balaban J connectivity index is 1.69. The summed E-state index contributed by atoms with van der Waals surface area (Å²) in [4.78, 5) is 4.02. The van der Waals surface area contributed by atoms with Gasteiger partial charge < -0.3 is 19.7 Å². The Labute approximate surface area is 158 Å². The Bertz CT molecular complexity index is 912. The summed E-state index contributed by atoms with van der Waals surface area (Å²) in [6, 6.07) is 15.5. The molecule has 1 aromatic heterocycles. The number of aliphatic hydroxyl groups excluding tert-OH is 2. The zero-order chi connectivity index (χ0) is 20.1. The highest BCUT2D eigenvalue weighted by Gasteiger charge is 2.30. The quantitative estimate of drug-likeness (QED) is 0.649. The highest BCUT2D eigenvalue weighted by molar-refractivity contribution is 5.64. The van der Waals surface area contributed by atoms with Gasteiger partial charge in [0.15, 0.2) is 0 Å². The van der Waals surface area contributed by atoms with Crippen LogP contribution >= 0.6 is 0 Å². The van der Waals surface area contributed by atoms with Gasteiger partial charge in [0.1, 0.15) is 23.4 Å². The fourth-order valence-corrected chi connectivity index (χ4v) is 2.46. The van der Waals surface area contributed by atoms with Crippen molar-refractivity contribution in [2.24, 2.45) is 0 Å². The molecule has 5 nitrogen and oxygen atoms in total. The average molecular weight is 391 g/mol. The van der Waals surface area contributed by atoms with E-state index in [-0.39, 0.29) is 5.75 Å². The summed E-state index contributed by atoms with van der Waals surface area (Å²) in [6.45, 7) is -0.421. The molecule has 1 atom stereocenters. The summed E-state index contributed by atoms with van der Waals surface area (Å²) in [5.74, 6) is 0.534. The predicted molar refractivity (Wildman–Crippen MR) is 94.9 cm³/mol. The minimum absolute atomic E-state index is 0.325. The van der Waals surface area contributed by atoms with Crippen molar-refractivity contribution in [3.8, 4) is 28.4 Å². The SMILES string of the molecule is OC[C@@H](O)c1cc(-c2ccc(Oc3ccc(OC(F)(F)F)cc3)cc2)ccn1. The molecule has 0 saturated carbocycles. The average Bonchev–Trinajstić information content (AvgIpc) is 2.68. The van der Waals surface area contributed by atoms with Crippen LogP contribution in [-0.4, -0.2) is 28.2 Å². The summed E-state index contributed by atoms with van der Waals surface area (Å²) >= 11 is 0. The van der Waals surface area contributed by atoms with Crippen LogP contribution in [0.5, 0.6) is 17.2 Å². The maximum absolute atomic E-state index is 12.2. The van der Waals surface area contributed by atoms with E-state index in [9.17, 15) is 18.3 Å². The van der Waals surface area contributed by atoms with E-state index in [1.54, 1.807) is 42.6 Å². The van der Waals surface area contributed by atoms with Gasteiger partial charge in [-0.3, -0.25) is 4.98 Å². The van der Waals surface area contributed by atoms with Gasteiger partial charge in [0, 0.05) is 6.20 Å². The van der Waals surface area contributed by atoms with Gasteiger partial charge in [-0.2, -0.15) is 0 Å². The Morgan fingerprint density at radius 1 is 0.857 bits per heavy atom. The van der Waals surface area contributed by atoms with E-state index in [1.165, 1.54) is 24.3 Å². The van der Waals surface area contributed by atoms with Gasteiger partial charge in [0.05, 0.1) is 12.3 Å². The Morgan fingerprint density at radius 2 is 1.43 bits per heavy atom. The molecule has 0 aliphatic rings. The van der Waals surface area contributed by atoms with E-state index in [0.717, 1.165) is 11.1 Å². The van der Waals surface area contributed by atoms with Gasteiger partial charge in [-0.15, -0.1) is 13.2 Å². The molecule has 0 aliphatic carbocycles. The van der Waals surface area contributed by atoms with Gasteiger partial charge in [-0.25, -0.2) is 0 Å². The predicted octanol–water partition coefficient (Wildman–Crippen LogP) is 4.47. The molecule has 28 heavy (non-hydrogen) atoms. The van der Waals surface area contributed by atoms with Crippen LogP contribution in [0.2, 0.25) is 0 Å². The molecule has 0 amide bonds. The molecule has 3 aromatic rings. The summed E-state index contributed by atoms with van der Waals surface area (Å²) in [6.07, 6.45) is -4.25. The van der Waals surface area contributed by atoms with Gasteiger partial charge in [0.25, 0.3) is 0 Å². The van der Waals surface area contributed by atoms with E-state index in [1.807, 2.05) is 0 Å². The molecule has 0 bridgehead atoms. The molecular formula is C20H16F3NO4. The van der Waals surface area contributed by atoms with Crippen molar-refractivity contribution in [1.82, 2.24) is 4.98 Å². The maximum Gasteiger partial charge on any atom is 0.573 e. The number of aliphatic hydroxyl groups is 2. The first-order valence-electron chi connectivity index (χ1n) is 8.23. The van der Waals surface area contributed by atoms with Gasteiger partial charge >= 0.3 is 6.36 Å². The molecule has 2 N–H and O–H groups in total. The lowest BCUT2D eigenvalue weighted by atomic mass is 10.0. The van der Waals surface area contributed by atoms with Crippen LogP contribution in [0.1, 0.15) is 11.8 Å². The molecule has 146 valence electrons. The van der Waals surface area contributed by atoms with E-state index in [4.69, 9.17) is 9.84 Å². The summed E-state index contributed by atoms with van der Waals surface area (Å²) in [5, 5.41) is 18.7. The zero-order valence-corrected chi connectivity index (χ0v) is 14.4. The molecule has 0 spiro atoms. The number of alkyl halides is 3. The fourth-order valence-electron chi connectivity index (χ4n) is 2.46. The topological polar surface area (TPSA) is 71.8 Å². The van der Waals surface area contributed by atoms with Crippen LogP contribution in [-0.2, 0) is 0 Å². The lowest BCUT2D eigenvalue weighted by Gasteiger charge is -2.11. The molecule has 8 heteroatoms. The monoisotopic (exact) mass is 391 g/mol. The van der Waals surface area contributed by atoms with Gasteiger partial charge in [0.2, 0.25) is 0 Å². The third-order valence-corrected chi connectivity index (χ3v) is 3.78. The van der Waals surface area contributed by atoms with Crippen molar-refractivity contribution in [1.29, 1.82) is 0 Å². The second kappa shape index (κ2) is 8.28. The Hall–Kier alpha value is -3.10. The first-order chi connectivity index (χ1) is 13.3. The van der Waals surface area contributed by atoms with Crippen LogP contribution in [0.3, 0.4) is 0 Å². The number of rotatable bonds is 6. The van der Waals surface area contributed by atoms with Crippen LogP contribution in [0, 0.1) is 0 Å². The second-order valence-electron chi connectivity index (χ2n) is 5.81.